The van der Waals surface area contributed by atoms with Crippen LogP contribution in [0.5, 0.6) is 0 Å². The Balaban J connectivity index is 1.49. The third kappa shape index (κ3) is 4.92. The SMILES string of the molecule is CCCCCCn1c(SCC(=O)NCC2CCCO2)nc2sc3c(c2c1=O)CCC3. The summed E-state index contributed by atoms with van der Waals surface area (Å²) < 4.78 is 7.39. The second-order valence-electron chi connectivity index (χ2n) is 8.18. The summed E-state index contributed by atoms with van der Waals surface area (Å²) in [5.74, 6) is 0.237. The monoisotopic (exact) mass is 449 g/mol. The molecule has 1 aliphatic heterocycles. The van der Waals surface area contributed by atoms with Crippen molar-refractivity contribution < 1.29 is 9.53 Å². The lowest BCUT2D eigenvalue weighted by Crippen LogP contribution is -2.33. The van der Waals surface area contributed by atoms with E-state index in [1.807, 2.05) is 4.57 Å². The van der Waals surface area contributed by atoms with Crippen LogP contribution in [0.15, 0.2) is 9.95 Å². The van der Waals surface area contributed by atoms with Crippen LogP contribution in [0.4, 0.5) is 0 Å². The van der Waals surface area contributed by atoms with Gasteiger partial charge in [-0.25, -0.2) is 4.98 Å². The molecule has 8 heteroatoms. The van der Waals surface area contributed by atoms with Gasteiger partial charge in [-0.2, -0.15) is 0 Å². The topological polar surface area (TPSA) is 73.2 Å². The van der Waals surface area contributed by atoms with Crippen LogP contribution in [0.3, 0.4) is 0 Å². The van der Waals surface area contributed by atoms with E-state index in [9.17, 15) is 9.59 Å². The lowest BCUT2D eigenvalue weighted by atomic mass is 10.2. The predicted octanol–water partition coefficient (Wildman–Crippen LogP) is 3.91. The fourth-order valence-electron chi connectivity index (χ4n) is 4.28. The minimum Gasteiger partial charge on any atom is -0.376 e. The number of carbonyl (C=O) groups is 1. The number of aromatic nitrogens is 2. The molecule has 0 saturated carbocycles. The van der Waals surface area contributed by atoms with Gasteiger partial charge in [0.05, 0.1) is 17.2 Å². The van der Waals surface area contributed by atoms with Crippen LogP contribution in [-0.4, -0.2) is 40.5 Å². The van der Waals surface area contributed by atoms with Crippen molar-refractivity contribution in [2.75, 3.05) is 18.9 Å². The Morgan fingerprint density at radius 3 is 3.00 bits per heavy atom. The number of thiophene rings is 1. The summed E-state index contributed by atoms with van der Waals surface area (Å²) in [6, 6.07) is 0. The van der Waals surface area contributed by atoms with Gasteiger partial charge in [0.15, 0.2) is 5.16 Å². The number of hydrogen-bond donors (Lipinski definition) is 1. The van der Waals surface area contributed by atoms with Crippen LogP contribution in [-0.2, 0) is 28.9 Å². The third-order valence-electron chi connectivity index (χ3n) is 5.91. The van der Waals surface area contributed by atoms with Crippen LogP contribution in [0.2, 0.25) is 0 Å². The molecule has 6 nitrogen and oxygen atoms in total. The Hall–Kier alpha value is -1.38. The van der Waals surface area contributed by atoms with E-state index in [-0.39, 0.29) is 23.3 Å². The first kappa shape index (κ1) is 21.8. The lowest BCUT2D eigenvalue weighted by molar-refractivity contribution is -0.119. The summed E-state index contributed by atoms with van der Waals surface area (Å²) >= 11 is 3.04. The van der Waals surface area contributed by atoms with Gasteiger partial charge >= 0.3 is 0 Å². The van der Waals surface area contributed by atoms with Crippen molar-refractivity contribution in [3.05, 3.63) is 20.8 Å². The van der Waals surface area contributed by atoms with Gasteiger partial charge in [-0.1, -0.05) is 37.9 Å². The molecule has 3 heterocycles. The van der Waals surface area contributed by atoms with Crippen LogP contribution in [0.1, 0.15) is 62.3 Å². The number of carbonyl (C=O) groups excluding carboxylic acids is 1. The molecule has 1 aliphatic carbocycles. The van der Waals surface area contributed by atoms with Crippen LogP contribution in [0.25, 0.3) is 10.2 Å². The first-order valence-corrected chi connectivity index (χ1v) is 13.0. The molecule has 164 valence electrons. The van der Waals surface area contributed by atoms with Crippen molar-refractivity contribution in [1.29, 1.82) is 0 Å². The fraction of sp³-hybridized carbons (Fsp3) is 0.682. The normalized spacial score (nSPS) is 18.2. The number of thioether (sulfide) groups is 1. The molecule has 1 N–H and O–H groups in total. The summed E-state index contributed by atoms with van der Waals surface area (Å²) in [7, 11) is 0. The molecular weight excluding hydrogens is 418 g/mol. The number of ether oxygens (including phenoxy) is 1. The van der Waals surface area contributed by atoms with Crippen molar-refractivity contribution in [3.63, 3.8) is 0 Å². The van der Waals surface area contributed by atoms with Gasteiger partial charge in [0, 0.05) is 24.6 Å². The van der Waals surface area contributed by atoms with E-state index in [1.54, 1.807) is 11.3 Å². The molecule has 1 fully saturated rings. The van der Waals surface area contributed by atoms with E-state index in [0.29, 0.717) is 18.2 Å². The lowest BCUT2D eigenvalue weighted by Gasteiger charge is -2.13. The summed E-state index contributed by atoms with van der Waals surface area (Å²) in [5.41, 5.74) is 1.30. The number of aryl methyl sites for hydroxylation is 2. The minimum atomic E-state index is -0.0314. The number of nitrogens with zero attached hydrogens (tertiary/aromatic N) is 2. The average molecular weight is 450 g/mol. The van der Waals surface area contributed by atoms with Gasteiger partial charge in [0.25, 0.3) is 5.56 Å². The Bertz CT molecular complexity index is 947. The van der Waals surface area contributed by atoms with Crippen molar-refractivity contribution in [2.24, 2.45) is 0 Å². The molecule has 0 bridgehead atoms. The minimum absolute atomic E-state index is 0.0314. The Labute approximate surface area is 185 Å². The molecular formula is C22H31N3O3S2. The summed E-state index contributed by atoms with van der Waals surface area (Å²) in [5, 5.41) is 4.47. The van der Waals surface area contributed by atoms with E-state index < -0.39 is 0 Å². The first-order valence-electron chi connectivity index (χ1n) is 11.2. The molecule has 1 amide bonds. The van der Waals surface area contributed by atoms with Gasteiger partial charge in [0.1, 0.15) is 4.83 Å². The van der Waals surface area contributed by atoms with E-state index in [0.717, 1.165) is 68.2 Å². The zero-order chi connectivity index (χ0) is 20.9. The summed E-state index contributed by atoms with van der Waals surface area (Å²) in [4.78, 5) is 32.7. The predicted molar refractivity (Wildman–Crippen MR) is 123 cm³/mol. The standard InChI is InChI=1S/C22H31N3O3S2/c1-2-3-4-5-11-25-21(27)19-16-9-6-10-17(16)30-20(19)24-22(25)29-14-18(26)23-13-15-8-7-12-28-15/h15H,2-14H2,1H3,(H,23,26). The quantitative estimate of drug-likeness (QED) is 0.338. The van der Waals surface area contributed by atoms with Crippen molar-refractivity contribution >= 4 is 39.2 Å². The highest BCUT2D eigenvalue weighted by Crippen LogP contribution is 2.35. The molecule has 2 aromatic rings. The first-order chi connectivity index (χ1) is 14.7. The highest BCUT2D eigenvalue weighted by molar-refractivity contribution is 7.99. The van der Waals surface area contributed by atoms with Gasteiger partial charge in [-0.15, -0.1) is 11.3 Å². The smallest absolute Gasteiger partial charge is 0.263 e. The molecule has 1 saturated heterocycles. The van der Waals surface area contributed by atoms with Gasteiger partial charge in [-0.3, -0.25) is 14.2 Å². The molecule has 4 rings (SSSR count). The molecule has 0 radical (unpaired) electrons. The van der Waals surface area contributed by atoms with Crippen molar-refractivity contribution in [3.8, 4) is 0 Å². The number of rotatable bonds is 10. The largest absolute Gasteiger partial charge is 0.376 e. The van der Waals surface area contributed by atoms with E-state index in [1.165, 1.54) is 28.6 Å². The maximum atomic E-state index is 13.4. The second kappa shape index (κ2) is 10.3. The molecule has 2 aliphatic rings. The average Bonchev–Trinajstić information content (AvgIpc) is 3.46. The van der Waals surface area contributed by atoms with Crippen LogP contribution < -0.4 is 10.9 Å². The van der Waals surface area contributed by atoms with E-state index >= 15 is 0 Å². The Morgan fingerprint density at radius 1 is 1.30 bits per heavy atom. The summed E-state index contributed by atoms with van der Waals surface area (Å²) in [6.45, 7) is 4.21. The van der Waals surface area contributed by atoms with Gasteiger partial charge < -0.3 is 10.1 Å². The molecule has 1 unspecified atom stereocenters. The number of amides is 1. The number of fused-ring (bicyclic) bond motifs is 3. The molecule has 30 heavy (non-hydrogen) atoms. The third-order valence-corrected chi connectivity index (χ3v) is 8.07. The Kier molecular flexibility index (Phi) is 7.49. The summed E-state index contributed by atoms with van der Waals surface area (Å²) in [6.07, 6.45) is 9.79. The van der Waals surface area contributed by atoms with E-state index in [4.69, 9.17) is 9.72 Å². The number of hydrogen-bond acceptors (Lipinski definition) is 6. The number of nitrogens with one attached hydrogen (secondary N) is 1. The maximum Gasteiger partial charge on any atom is 0.263 e. The highest BCUT2D eigenvalue weighted by Gasteiger charge is 2.23. The zero-order valence-electron chi connectivity index (χ0n) is 17.7. The zero-order valence-corrected chi connectivity index (χ0v) is 19.3. The molecule has 0 aromatic carbocycles. The Morgan fingerprint density at radius 2 is 2.20 bits per heavy atom. The van der Waals surface area contributed by atoms with Crippen molar-refractivity contribution in [1.82, 2.24) is 14.9 Å². The maximum absolute atomic E-state index is 13.4. The van der Waals surface area contributed by atoms with Crippen molar-refractivity contribution in [2.45, 2.75) is 82.5 Å². The van der Waals surface area contributed by atoms with Gasteiger partial charge in [-0.05, 0) is 44.1 Å². The molecule has 1 atom stereocenters. The van der Waals surface area contributed by atoms with Gasteiger partial charge in [0.2, 0.25) is 5.91 Å². The number of unbranched alkanes of at least 4 members (excludes halogenated alkanes) is 3. The molecule has 0 spiro atoms. The highest BCUT2D eigenvalue weighted by atomic mass is 32.2. The fourth-order valence-corrected chi connectivity index (χ4v) is 6.43. The molecule has 2 aromatic heterocycles. The van der Waals surface area contributed by atoms with Crippen LogP contribution in [0, 0.1) is 0 Å². The van der Waals surface area contributed by atoms with E-state index in [2.05, 4.69) is 12.2 Å². The van der Waals surface area contributed by atoms with Crippen LogP contribution >= 0.6 is 23.1 Å². The second-order valence-corrected chi connectivity index (χ2v) is 10.2.